The third-order valence-electron chi connectivity index (χ3n) is 7.76. The van der Waals surface area contributed by atoms with Crippen LogP contribution in [0.15, 0.2) is 45.8 Å². The molecule has 1 aromatic carbocycles. The fourth-order valence-corrected chi connectivity index (χ4v) is 5.43. The van der Waals surface area contributed by atoms with E-state index < -0.39 is 5.82 Å². The number of piperazine rings is 1. The third-order valence-corrected chi connectivity index (χ3v) is 7.76. The second kappa shape index (κ2) is 12.4. The second-order valence-corrected chi connectivity index (χ2v) is 10.5. The van der Waals surface area contributed by atoms with Gasteiger partial charge in [-0.15, -0.1) is 5.10 Å². The lowest BCUT2D eigenvalue weighted by molar-refractivity contribution is 0.0953. The lowest BCUT2D eigenvalue weighted by atomic mass is 10.1. The van der Waals surface area contributed by atoms with Gasteiger partial charge in [0.05, 0.1) is 18.6 Å². The number of aliphatic hydroxyl groups is 1. The van der Waals surface area contributed by atoms with Crippen molar-refractivity contribution in [3.63, 3.8) is 0 Å². The molecule has 1 saturated heterocycles. The maximum absolute atomic E-state index is 15.0. The van der Waals surface area contributed by atoms with Gasteiger partial charge >= 0.3 is 5.69 Å². The summed E-state index contributed by atoms with van der Waals surface area (Å²) in [5.74, 6) is 0.113. The van der Waals surface area contributed by atoms with E-state index in [0.29, 0.717) is 93.0 Å². The zero-order valence-electron chi connectivity index (χ0n) is 24.2. The Morgan fingerprint density at radius 2 is 1.91 bits per heavy atom. The zero-order chi connectivity index (χ0) is 30.8. The van der Waals surface area contributed by atoms with Crippen LogP contribution in [0.3, 0.4) is 0 Å². The summed E-state index contributed by atoms with van der Waals surface area (Å²) >= 11 is 0. The van der Waals surface area contributed by atoms with Gasteiger partial charge in [0.1, 0.15) is 11.3 Å². The Morgan fingerprint density at radius 3 is 2.64 bits per heavy atom. The Hall–Kier alpha value is -4.80. The minimum Gasteiger partial charge on any atom is -0.461 e. The van der Waals surface area contributed by atoms with Gasteiger partial charge in [-0.2, -0.15) is 9.50 Å². The largest absolute Gasteiger partial charge is 0.461 e. The standard InChI is InChI=1S/C28H34FN11O4/c1-36-22-24(34-27(30)40-25(22)33-23(35-40)21-3-2-16-44-21)39(28(36)43)14-11-37-9-12-38(13-10-37)20-5-4-18(17-19(20)29)26(42)32-7-6-31-8-15-41/h2-5,16-17,31,41H,6-15H2,1H3,(H2,30,34)(H,32,42). The van der Waals surface area contributed by atoms with Crippen molar-refractivity contribution in [1.29, 1.82) is 0 Å². The molecule has 0 aliphatic carbocycles. The van der Waals surface area contributed by atoms with Crippen LogP contribution in [-0.2, 0) is 13.6 Å². The van der Waals surface area contributed by atoms with Gasteiger partial charge in [-0.3, -0.25) is 18.8 Å². The Balaban J connectivity index is 1.10. The van der Waals surface area contributed by atoms with Crippen molar-refractivity contribution in [2.24, 2.45) is 7.05 Å². The monoisotopic (exact) mass is 607 g/mol. The number of benzene rings is 1. The zero-order valence-corrected chi connectivity index (χ0v) is 24.2. The summed E-state index contributed by atoms with van der Waals surface area (Å²) in [4.78, 5) is 38.9. The second-order valence-electron chi connectivity index (χ2n) is 10.5. The fourth-order valence-electron chi connectivity index (χ4n) is 5.43. The van der Waals surface area contributed by atoms with Crippen LogP contribution in [-0.4, -0.2) is 104 Å². The summed E-state index contributed by atoms with van der Waals surface area (Å²) in [6, 6.07) is 7.99. The molecule has 0 bridgehead atoms. The highest BCUT2D eigenvalue weighted by Crippen LogP contribution is 2.24. The molecule has 0 saturated carbocycles. The number of aliphatic hydroxyl groups excluding tert-OH is 1. The molecule has 4 aromatic heterocycles. The number of amides is 1. The van der Waals surface area contributed by atoms with E-state index in [0.717, 1.165) is 0 Å². The van der Waals surface area contributed by atoms with Gasteiger partial charge in [-0.25, -0.2) is 14.2 Å². The molecule has 16 heteroatoms. The van der Waals surface area contributed by atoms with Crippen molar-refractivity contribution < 1.29 is 18.7 Å². The molecule has 1 amide bonds. The molecule has 0 spiro atoms. The predicted molar refractivity (Wildman–Crippen MR) is 161 cm³/mol. The van der Waals surface area contributed by atoms with Crippen molar-refractivity contribution in [3.8, 4) is 11.6 Å². The molecule has 44 heavy (non-hydrogen) atoms. The quantitative estimate of drug-likeness (QED) is 0.147. The number of nitrogen functional groups attached to an aromatic ring is 1. The first-order chi connectivity index (χ1) is 21.4. The number of aryl methyl sites for hydroxylation is 1. The average Bonchev–Trinajstić information content (AvgIpc) is 3.76. The Bertz CT molecular complexity index is 1840. The number of halogens is 1. The summed E-state index contributed by atoms with van der Waals surface area (Å²) in [5, 5.41) is 18.9. The molecule has 1 aliphatic rings. The molecule has 0 atom stereocenters. The minimum atomic E-state index is -0.453. The van der Waals surface area contributed by atoms with Crippen molar-refractivity contribution >= 4 is 34.4 Å². The van der Waals surface area contributed by atoms with E-state index in [-0.39, 0.29) is 29.7 Å². The number of aromatic nitrogens is 6. The molecule has 15 nitrogen and oxygen atoms in total. The van der Waals surface area contributed by atoms with Crippen LogP contribution < -0.4 is 27.0 Å². The topological polar surface area (TPSA) is 177 Å². The van der Waals surface area contributed by atoms with E-state index in [1.807, 2.05) is 4.90 Å². The van der Waals surface area contributed by atoms with Crippen LogP contribution in [0, 0.1) is 5.82 Å². The highest BCUT2D eigenvalue weighted by atomic mass is 19.1. The number of nitrogens with zero attached hydrogens (tertiary/aromatic N) is 8. The summed E-state index contributed by atoms with van der Waals surface area (Å²) in [7, 11) is 1.67. The predicted octanol–water partition coefficient (Wildman–Crippen LogP) is -0.107. The molecule has 6 rings (SSSR count). The van der Waals surface area contributed by atoms with Gasteiger partial charge in [0.2, 0.25) is 11.8 Å². The van der Waals surface area contributed by atoms with E-state index in [1.165, 1.54) is 21.4 Å². The third kappa shape index (κ3) is 5.61. The maximum atomic E-state index is 15.0. The number of nitrogens with two attached hydrogens (primary N) is 1. The maximum Gasteiger partial charge on any atom is 0.330 e. The first-order valence-corrected chi connectivity index (χ1v) is 14.4. The van der Waals surface area contributed by atoms with Crippen LogP contribution in [0.2, 0.25) is 0 Å². The number of hydrogen-bond donors (Lipinski definition) is 4. The van der Waals surface area contributed by atoms with Crippen molar-refractivity contribution in [2.75, 3.05) is 69.6 Å². The van der Waals surface area contributed by atoms with Gasteiger partial charge in [-0.05, 0) is 30.3 Å². The number of anilines is 2. The average molecular weight is 608 g/mol. The van der Waals surface area contributed by atoms with Crippen molar-refractivity contribution in [3.05, 3.63) is 58.5 Å². The molecule has 5 N–H and O–H groups in total. The summed E-state index contributed by atoms with van der Waals surface area (Å²) in [6.07, 6.45) is 1.53. The van der Waals surface area contributed by atoms with Gasteiger partial charge < -0.3 is 30.8 Å². The molecular formula is C28H34FN11O4. The number of fused-ring (bicyclic) bond motifs is 3. The number of imidazole rings is 1. The molecule has 0 unspecified atom stereocenters. The highest BCUT2D eigenvalue weighted by Gasteiger charge is 2.24. The van der Waals surface area contributed by atoms with Crippen LogP contribution in [0.25, 0.3) is 28.4 Å². The first kappa shape index (κ1) is 29.3. The van der Waals surface area contributed by atoms with Gasteiger partial charge in [-0.1, -0.05) is 0 Å². The number of furan rings is 1. The van der Waals surface area contributed by atoms with Crippen LogP contribution in [0.4, 0.5) is 16.0 Å². The van der Waals surface area contributed by atoms with E-state index in [2.05, 4.69) is 30.6 Å². The van der Waals surface area contributed by atoms with E-state index in [9.17, 15) is 9.59 Å². The van der Waals surface area contributed by atoms with Crippen LogP contribution in [0.1, 0.15) is 10.4 Å². The van der Waals surface area contributed by atoms with E-state index in [1.54, 1.807) is 35.9 Å². The summed E-state index contributed by atoms with van der Waals surface area (Å²) in [5.41, 5.74) is 8.02. The van der Waals surface area contributed by atoms with Crippen molar-refractivity contribution in [2.45, 2.75) is 6.54 Å². The molecule has 232 valence electrons. The van der Waals surface area contributed by atoms with E-state index in [4.69, 9.17) is 15.3 Å². The van der Waals surface area contributed by atoms with Gasteiger partial charge in [0, 0.05) is 71.5 Å². The lowest BCUT2D eigenvalue weighted by Gasteiger charge is -2.36. The number of hydrogen-bond acceptors (Lipinski definition) is 11. The van der Waals surface area contributed by atoms with Crippen molar-refractivity contribution in [1.82, 2.24) is 44.2 Å². The minimum absolute atomic E-state index is 0.0226. The lowest BCUT2D eigenvalue weighted by Crippen LogP contribution is -2.47. The summed E-state index contributed by atoms with van der Waals surface area (Å²) in [6.45, 7) is 4.82. The molecular weight excluding hydrogens is 573 g/mol. The fraction of sp³-hybridized carbons (Fsp3) is 0.393. The summed E-state index contributed by atoms with van der Waals surface area (Å²) < 4.78 is 24.9. The van der Waals surface area contributed by atoms with Crippen LogP contribution >= 0.6 is 0 Å². The smallest absolute Gasteiger partial charge is 0.330 e. The first-order valence-electron chi connectivity index (χ1n) is 14.4. The SMILES string of the molecule is Cn1c(=O)n(CCN2CCN(c3ccc(C(=O)NCCNCCO)cc3F)CC2)c2nc(N)n3nc(-c4ccco4)nc3c21. The number of carbonyl (C=O) groups is 1. The highest BCUT2D eigenvalue weighted by molar-refractivity contribution is 5.94. The van der Waals surface area contributed by atoms with Gasteiger partial charge in [0.15, 0.2) is 17.1 Å². The number of rotatable bonds is 11. The Morgan fingerprint density at radius 1 is 1.09 bits per heavy atom. The van der Waals surface area contributed by atoms with Gasteiger partial charge in [0.25, 0.3) is 5.91 Å². The number of carbonyl (C=O) groups excluding carboxylic acids is 1. The van der Waals surface area contributed by atoms with E-state index >= 15 is 4.39 Å². The Labute approximate surface area is 250 Å². The van der Waals surface area contributed by atoms with Crippen LogP contribution in [0.5, 0.6) is 0 Å². The molecule has 5 heterocycles. The molecule has 0 radical (unpaired) electrons. The molecule has 1 aliphatic heterocycles. The molecule has 1 fully saturated rings. The normalized spacial score (nSPS) is 14.2. The number of nitrogens with one attached hydrogen (secondary N) is 2. The molecule has 5 aromatic rings. The Kier molecular flexibility index (Phi) is 8.28.